The minimum absolute atomic E-state index is 0.168. The summed E-state index contributed by atoms with van der Waals surface area (Å²) in [6, 6.07) is 8.31. The van der Waals surface area contributed by atoms with Crippen LogP contribution in [0.5, 0.6) is 0 Å². The van der Waals surface area contributed by atoms with E-state index < -0.39 is 0 Å². The average molecular weight is 452 g/mol. The fourth-order valence-electron chi connectivity index (χ4n) is 9.37. The summed E-state index contributed by atoms with van der Waals surface area (Å²) < 4.78 is 5.95. The van der Waals surface area contributed by atoms with Crippen molar-refractivity contribution in [2.24, 2.45) is 46.3 Å². The Balaban J connectivity index is 1.39. The average Bonchev–Trinajstić information content (AvgIpc) is 3.16. The highest BCUT2D eigenvalue weighted by atomic mass is 16.5. The zero-order valence-corrected chi connectivity index (χ0v) is 21.6. The maximum atomic E-state index is 13.7. The number of methoxy groups -OCH3 is 1. The quantitative estimate of drug-likeness (QED) is 0.458. The Bertz CT molecular complexity index is 863. The summed E-state index contributed by atoms with van der Waals surface area (Å²) in [6.45, 7) is 5.89. The maximum absolute atomic E-state index is 13.7. The standard InChI is InChI=1S/C30H45NO2/c1-20-14-17-30(19-33-5)22(18-20)8-11-24-25-12-13-27(29(25,2)16-15-26(24)30)28(32)21-6-9-23(10-7-21)31(3)4/h6-7,9-10,20,22,24-27H,8,11-19H2,1-5H3/t20-,22-,24-,25-,26-,27+,29-,30+/m0/s1. The number of hydrogen-bond acceptors (Lipinski definition) is 3. The fourth-order valence-corrected chi connectivity index (χ4v) is 9.37. The minimum Gasteiger partial charge on any atom is -0.384 e. The molecule has 0 heterocycles. The topological polar surface area (TPSA) is 29.5 Å². The van der Waals surface area contributed by atoms with Crippen molar-refractivity contribution in [1.82, 2.24) is 0 Å². The summed E-state index contributed by atoms with van der Waals surface area (Å²) in [5.41, 5.74) is 2.64. The van der Waals surface area contributed by atoms with Crippen LogP contribution in [0.25, 0.3) is 0 Å². The molecule has 0 aromatic heterocycles. The van der Waals surface area contributed by atoms with E-state index in [-0.39, 0.29) is 11.3 Å². The van der Waals surface area contributed by atoms with Gasteiger partial charge in [0.1, 0.15) is 0 Å². The van der Waals surface area contributed by atoms with E-state index in [4.69, 9.17) is 4.74 Å². The second kappa shape index (κ2) is 8.70. The van der Waals surface area contributed by atoms with Gasteiger partial charge in [0.2, 0.25) is 0 Å². The van der Waals surface area contributed by atoms with E-state index in [1.807, 2.05) is 7.11 Å². The predicted molar refractivity (Wildman–Crippen MR) is 136 cm³/mol. The Morgan fingerprint density at radius 1 is 1.00 bits per heavy atom. The zero-order valence-electron chi connectivity index (χ0n) is 21.6. The lowest BCUT2D eigenvalue weighted by molar-refractivity contribution is -0.148. The Kier molecular flexibility index (Phi) is 6.17. The Morgan fingerprint density at radius 2 is 1.76 bits per heavy atom. The van der Waals surface area contributed by atoms with Gasteiger partial charge in [0.05, 0.1) is 6.61 Å². The van der Waals surface area contributed by atoms with E-state index in [1.165, 1.54) is 51.4 Å². The van der Waals surface area contributed by atoms with Crippen molar-refractivity contribution in [2.75, 3.05) is 32.7 Å². The molecule has 4 fully saturated rings. The molecule has 4 saturated carbocycles. The predicted octanol–water partition coefficient (Wildman–Crippen LogP) is 6.86. The molecule has 4 aliphatic rings. The molecule has 5 rings (SSSR count). The van der Waals surface area contributed by atoms with Gasteiger partial charge in [-0.2, -0.15) is 0 Å². The number of rotatable bonds is 5. The van der Waals surface area contributed by atoms with Gasteiger partial charge in [0.25, 0.3) is 0 Å². The molecule has 0 radical (unpaired) electrons. The largest absolute Gasteiger partial charge is 0.384 e. The summed E-state index contributed by atoms with van der Waals surface area (Å²) in [7, 11) is 6.03. The first-order valence-electron chi connectivity index (χ1n) is 13.6. The number of hydrogen-bond donors (Lipinski definition) is 0. The molecule has 0 spiro atoms. The van der Waals surface area contributed by atoms with Crippen molar-refractivity contribution in [3.63, 3.8) is 0 Å². The molecule has 0 unspecified atom stereocenters. The fraction of sp³-hybridized carbons (Fsp3) is 0.767. The number of benzene rings is 1. The van der Waals surface area contributed by atoms with E-state index in [0.29, 0.717) is 17.1 Å². The van der Waals surface area contributed by atoms with Gasteiger partial charge in [-0.3, -0.25) is 4.79 Å². The number of ether oxygens (including phenoxy) is 1. The number of ketones is 1. The Morgan fingerprint density at radius 3 is 2.45 bits per heavy atom. The highest BCUT2D eigenvalue weighted by Crippen LogP contribution is 2.68. The summed E-state index contributed by atoms with van der Waals surface area (Å²) >= 11 is 0. The molecule has 3 nitrogen and oxygen atoms in total. The van der Waals surface area contributed by atoms with Crippen LogP contribution in [0.4, 0.5) is 5.69 Å². The molecule has 8 atom stereocenters. The van der Waals surface area contributed by atoms with Crippen molar-refractivity contribution >= 4 is 11.5 Å². The molecule has 0 amide bonds. The molecule has 3 heteroatoms. The molecule has 0 bridgehead atoms. The third kappa shape index (κ3) is 3.68. The van der Waals surface area contributed by atoms with Gasteiger partial charge in [0, 0.05) is 38.4 Å². The van der Waals surface area contributed by atoms with Crippen LogP contribution < -0.4 is 4.90 Å². The summed E-state index contributed by atoms with van der Waals surface area (Å²) in [5, 5.41) is 0. The second-order valence-corrected chi connectivity index (χ2v) is 12.7. The first-order chi connectivity index (χ1) is 15.8. The molecule has 4 aliphatic carbocycles. The summed E-state index contributed by atoms with van der Waals surface area (Å²) in [5.74, 6) is 4.61. The van der Waals surface area contributed by atoms with E-state index in [1.54, 1.807) is 0 Å². The molecule has 33 heavy (non-hydrogen) atoms. The number of nitrogens with zero attached hydrogens (tertiary/aromatic N) is 1. The molecule has 0 saturated heterocycles. The van der Waals surface area contributed by atoms with E-state index in [9.17, 15) is 4.79 Å². The maximum Gasteiger partial charge on any atom is 0.166 e. The van der Waals surface area contributed by atoms with Crippen LogP contribution in [-0.4, -0.2) is 33.6 Å². The van der Waals surface area contributed by atoms with E-state index in [0.717, 1.165) is 48.0 Å². The first kappa shape index (κ1) is 23.4. The van der Waals surface area contributed by atoms with E-state index >= 15 is 0 Å². The van der Waals surface area contributed by atoms with Gasteiger partial charge in [0.15, 0.2) is 5.78 Å². The molecule has 1 aromatic rings. The van der Waals surface area contributed by atoms with Crippen LogP contribution >= 0.6 is 0 Å². The number of anilines is 1. The molecular weight excluding hydrogens is 406 g/mol. The molecule has 0 N–H and O–H groups in total. The van der Waals surface area contributed by atoms with Crippen LogP contribution in [0.1, 0.15) is 82.0 Å². The normalized spacial score (nSPS) is 42.2. The van der Waals surface area contributed by atoms with Gasteiger partial charge in [-0.15, -0.1) is 0 Å². The second-order valence-electron chi connectivity index (χ2n) is 12.7. The molecule has 182 valence electrons. The lowest BCUT2D eigenvalue weighted by Crippen LogP contribution is -2.56. The number of fused-ring (bicyclic) bond motifs is 5. The van der Waals surface area contributed by atoms with Crippen molar-refractivity contribution in [3.05, 3.63) is 29.8 Å². The van der Waals surface area contributed by atoms with Gasteiger partial charge in [-0.05, 0) is 116 Å². The van der Waals surface area contributed by atoms with Crippen LogP contribution in [-0.2, 0) is 4.74 Å². The highest BCUT2D eigenvalue weighted by Gasteiger charge is 2.62. The number of carbonyl (C=O) groups is 1. The van der Waals surface area contributed by atoms with Crippen molar-refractivity contribution in [2.45, 2.75) is 71.6 Å². The monoisotopic (exact) mass is 451 g/mol. The summed E-state index contributed by atoms with van der Waals surface area (Å²) in [4.78, 5) is 15.8. The number of Topliss-reactive ketones (excluding diaryl/α,β-unsaturated/α-hetero) is 1. The van der Waals surface area contributed by atoms with Crippen LogP contribution in [0.2, 0.25) is 0 Å². The third-order valence-corrected chi connectivity index (χ3v) is 11.0. The molecule has 0 aliphatic heterocycles. The van der Waals surface area contributed by atoms with Gasteiger partial charge in [-0.1, -0.05) is 20.3 Å². The SMILES string of the molecule is COC[C@]12CC[C@H](C)C[C@@H]1CC[C@H]1[C@@H]3CC[C@H](C(=O)c4ccc(N(C)C)cc4)[C@@]3(C)CC[C@@H]12. The smallest absolute Gasteiger partial charge is 0.166 e. The minimum atomic E-state index is 0.168. The molecular formula is C30H45NO2. The van der Waals surface area contributed by atoms with Gasteiger partial charge < -0.3 is 9.64 Å². The van der Waals surface area contributed by atoms with Crippen molar-refractivity contribution < 1.29 is 9.53 Å². The molecule has 1 aromatic carbocycles. The zero-order chi connectivity index (χ0) is 23.4. The lowest BCUT2D eigenvalue weighted by atomic mass is 9.43. The third-order valence-electron chi connectivity index (χ3n) is 11.0. The number of carbonyl (C=O) groups excluding carboxylic acids is 1. The summed E-state index contributed by atoms with van der Waals surface area (Å²) in [6.07, 6.45) is 11.7. The van der Waals surface area contributed by atoms with Gasteiger partial charge in [-0.25, -0.2) is 0 Å². The Hall–Kier alpha value is -1.35. The van der Waals surface area contributed by atoms with Crippen molar-refractivity contribution in [1.29, 1.82) is 0 Å². The van der Waals surface area contributed by atoms with Crippen LogP contribution in [0.15, 0.2) is 24.3 Å². The first-order valence-corrected chi connectivity index (χ1v) is 13.6. The van der Waals surface area contributed by atoms with Crippen LogP contribution in [0.3, 0.4) is 0 Å². The van der Waals surface area contributed by atoms with Crippen LogP contribution in [0, 0.1) is 46.3 Å². The lowest BCUT2D eigenvalue weighted by Gasteiger charge is -2.61. The van der Waals surface area contributed by atoms with Crippen molar-refractivity contribution in [3.8, 4) is 0 Å². The van der Waals surface area contributed by atoms with E-state index in [2.05, 4.69) is 57.1 Å². The van der Waals surface area contributed by atoms with Gasteiger partial charge >= 0.3 is 0 Å². The Labute approximate surface area is 201 Å². The highest BCUT2D eigenvalue weighted by molar-refractivity contribution is 5.98.